The highest BCUT2D eigenvalue weighted by Gasteiger charge is 2.38. The lowest BCUT2D eigenvalue weighted by Crippen LogP contribution is -2.34. The molecule has 0 fully saturated rings. The van der Waals surface area contributed by atoms with Gasteiger partial charge in [0.1, 0.15) is 11.5 Å². The van der Waals surface area contributed by atoms with Crippen LogP contribution in [0.4, 0.5) is 5.69 Å². The molecular formula is C47H60BN2OS. The Bertz CT molecular complexity index is 1860. The Morgan fingerprint density at radius 1 is 0.981 bits per heavy atom. The lowest BCUT2D eigenvalue weighted by molar-refractivity contribution is 0.332. The summed E-state index contributed by atoms with van der Waals surface area (Å²) in [7, 11) is 2.31. The number of ether oxygens (including phenoxy) is 1. The third kappa shape index (κ3) is 9.15. The van der Waals surface area contributed by atoms with Gasteiger partial charge in [0.05, 0.1) is 17.6 Å². The lowest BCUT2D eigenvalue weighted by Gasteiger charge is -2.42. The number of rotatable bonds is 16. The Kier molecular flexibility index (Phi) is 12.7. The standard InChI is InChI=1S/C47H60BN2OS/c1-11-14-15-18-28-48-44-43(37-31-38-39(32-42(37)52-44)47(9,10)27-26-46(38,7)8)50(30-19-25-45(4,5)6)34(20-12-2)24-29-49-33-41-35(21-13-3)36-22-16-17-23-40(36)51-41/h11-13,16-19,22-24,28-35,49H,1-3,14-15,20-21,25-27H2,4-10H3/b28-18+,29-24+,30-19+,41-33-. The number of fused-ring (bicyclic) bond motifs is 3. The van der Waals surface area contributed by atoms with Gasteiger partial charge in [0.15, 0.2) is 7.28 Å². The largest absolute Gasteiger partial charge is 0.459 e. The van der Waals surface area contributed by atoms with E-state index in [0.717, 1.165) is 43.6 Å². The number of hydrogen-bond acceptors (Lipinski definition) is 4. The molecule has 2 atom stereocenters. The van der Waals surface area contributed by atoms with E-state index >= 15 is 0 Å². The zero-order valence-corrected chi connectivity index (χ0v) is 33.6. The van der Waals surface area contributed by atoms with Crippen LogP contribution in [0.15, 0.2) is 123 Å². The Hall–Kier alpha value is -3.96. The number of anilines is 1. The van der Waals surface area contributed by atoms with Gasteiger partial charge in [0.2, 0.25) is 0 Å². The quantitative estimate of drug-likeness (QED) is 0.0909. The van der Waals surface area contributed by atoms with Crippen molar-refractivity contribution in [3.8, 4) is 5.75 Å². The summed E-state index contributed by atoms with van der Waals surface area (Å²) in [4.78, 5) is 2.50. The van der Waals surface area contributed by atoms with Crippen LogP contribution < -0.4 is 19.7 Å². The van der Waals surface area contributed by atoms with Crippen molar-refractivity contribution in [2.24, 2.45) is 5.41 Å². The molecule has 5 rings (SSSR count). The molecule has 0 spiro atoms. The van der Waals surface area contributed by atoms with Crippen LogP contribution in [0.2, 0.25) is 0 Å². The summed E-state index contributed by atoms with van der Waals surface area (Å²) in [6, 6.07) is 13.4. The van der Waals surface area contributed by atoms with Crippen molar-refractivity contribution in [1.29, 1.82) is 0 Å². The van der Waals surface area contributed by atoms with Crippen LogP contribution in [0.5, 0.6) is 5.75 Å². The van der Waals surface area contributed by atoms with Crippen LogP contribution in [0.1, 0.15) is 116 Å². The predicted molar refractivity (Wildman–Crippen MR) is 230 cm³/mol. The van der Waals surface area contributed by atoms with Crippen LogP contribution in [0, 0.1) is 5.41 Å². The van der Waals surface area contributed by atoms with Gasteiger partial charge in [0, 0.05) is 28.0 Å². The van der Waals surface area contributed by atoms with Crippen molar-refractivity contribution < 1.29 is 4.74 Å². The van der Waals surface area contributed by atoms with Gasteiger partial charge in [-0.1, -0.05) is 97.0 Å². The van der Waals surface area contributed by atoms with Crippen LogP contribution in [-0.2, 0) is 10.8 Å². The SMILES string of the molecule is C=CCC/C=C/[B]c1sc2cc3c(cc2c1N(/C=C/CC(C)(C)C)C(/C=C/N/C=C1\Oc2ccccc2C1CC=C)CC=C)C(C)(C)CCC3(C)C. The van der Waals surface area contributed by atoms with Crippen molar-refractivity contribution in [2.45, 2.75) is 116 Å². The molecule has 3 aromatic rings. The predicted octanol–water partition coefficient (Wildman–Crippen LogP) is 12.5. The number of allylic oxidation sites excluding steroid dienone is 5. The average molecular weight is 712 g/mol. The monoisotopic (exact) mass is 711 g/mol. The van der Waals surface area contributed by atoms with E-state index in [1.54, 1.807) is 0 Å². The first-order valence-corrected chi connectivity index (χ1v) is 19.9. The van der Waals surface area contributed by atoms with E-state index in [2.05, 4.69) is 147 Å². The summed E-state index contributed by atoms with van der Waals surface area (Å²) in [5.74, 6) is 4.22. The molecule has 0 saturated carbocycles. The zero-order valence-electron chi connectivity index (χ0n) is 32.8. The van der Waals surface area contributed by atoms with E-state index in [0.29, 0.717) is 0 Å². The van der Waals surface area contributed by atoms with E-state index in [-0.39, 0.29) is 28.2 Å². The first kappa shape index (κ1) is 39.3. The number of nitrogens with one attached hydrogen (secondary N) is 1. The third-order valence-electron chi connectivity index (χ3n) is 10.5. The topological polar surface area (TPSA) is 24.5 Å². The highest BCUT2D eigenvalue weighted by atomic mass is 32.1. The molecule has 0 amide bonds. The van der Waals surface area contributed by atoms with Crippen molar-refractivity contribution >= 4 is 39.2 Å². The van der Waals surface area contributed by atoms with E-state index in [1.807, 2.05) is 47.9 Å². The van der Waals surface area contributed by atoms with Crippen molar-refractivity contribution in [1.82, 2.24) is 5.32 Å². The van der Waals surface area contributed by atoms with Crippen molar-refractivity contribution in [3.63, 3.8) is 0 Å². The molecule has 1 aliphatic carbocycles. The van der Waals surface area contributed by atoms with Gasteiger partial charge >= 0.3 is 0 Å². The van der Waals surface area contributed by atoms with E-state index in [4.69, 9.17) is 4.74 Å². The number of unbranched alkanes of at least 4 members (excludes halogenated alkanes) is 1. The molecule has 2 aromatic carbocycles. The molecule has 52 heavy (non-hydrogen) atoms. The molecule has 0 bridgehead atoms. The minimum atomic E-state index is 0.0282. The molecule has 1 N–H and O–H groups in total. The highest BCUT2D eigenvalue weighted by Crippen LogP contribution is 2.49. The molecule has 0 saturated heterocycles. The average Bonchev–Trinajstić information content (AvgIpc) is 3.63. The maximum atomic E-state index is 6.29. The van der Waals surface area contributed by atoms with E-state index < -0.39 is 0 Å². The molecule has 1 radical (unpaired) electrons. The fourth-order valence-electron chi connectivity index (χ4n) is 7.38. The van der Waals surface area contributed by atoms with Gasteiger partial charge in [-0.25, -0.2) is 0 Å². The third-order valence-corrected chi connectivity index (χ3v) is 11.6. The summed E-state index contributed by atoms with van der Waals surface area (Å²) in [6.07, 6.45) is 26.2. The second-order valence-corrected chi connectivity index (χ2v) is 18.0. The van der Waals surface area contributed by atoms with Gasteiger partial charge in [0.25, 0.3) is 0 Å². The first-order chi connectivity index (χ1) is 24.8. The van der Waals surface area contributed by atoms with Crippen LogP contribution in [0.3, 0.4) is 0 Å². The second-order valence-electron chi connectivity index (χ2n) is 16.9. The number of benzene rings is 2. The van der Waals surface area contributed by atoms with Gasteiger partial charge in [-0.15, -0.1) is 37.0 Å². The fourth-order valence-corrected chi connectivity index (χ4v) is 8.52. The summed E-state index contributed by atoms with van der Waals surface area (Å²) in [5, 5.41) is 4.80. The zero-order chi connectivity index (χ0) is 37.5. The van der Waals surface area contributed by atoms with Gasteiger partial charge in [-0.3, -0.25) is 0 Å². The normalized spacial score (nSPS) is 19.1. The maximum absolute atomic E-state index is 6.29. The van der Waals surface area contributed by atoms with Crippen LogP contribution in [0.25, 0.3) is 10.1 Å². The Morgan fingerprint density at radius 2 is 1.71 bits per heavy atom. The number of para-hydroxylation sites is 1. The number of thiophene rings is 1. The van der Waals surface area contributed by atoms with Gasteiger partial charge in [-0.05, 0) is 108 Å². The lowest BCUT2D eigenvalue weighted by atomic mass is 9.63. The first-order valence-electron chi connectivity index (χ1n) is 19.1. The second kappa shape index (κ2) is 16.8. The number of hydrogen-bond donors (Lipinski definition) is 1. The Balaban J connectivity index is 1.60. The van der Waals surface area contributed by atoms with Crippen LogP contribution >= 0.6 is 11.3 Å². The smallest absolute Gasteiger partial charge is 0.197 e. The summed E-state index contributed by atoms with van der Waals surface area (Å²) < 4.78 is 8.90. The summed E-state index contributed by atoms with van der Waals surface area (Å²) >= 11 is 1.91. The fraction of sp³-hybridized carbons (Fsp3) is 0.404. The van der Waals surface area contributed by atoms with Crippen LogP contribution in [-0.4, -0.2) is 13.3 Å². The molecule has 2 heterocycles. The molecule has 1 aromatic heterocycles. The Labute approximate surface area is 319 Å². The highest BCUT2D eigenvalue weighted by molar-refractivity contribution is 7.28. The molecule has 5 heteroatoms. The molecule has 3 nitrogen and oxygen atoms in total. The Morgan fingerprint density at radius 3 is 2.40 bits per heavy atom. The van der Waals surface area contributed by atoms with Gasteiger partial charge < -0.3 is 15.0 Å². The summed E-state index contributed by atoms with van der Waals surface area (Å²) in [6.45, 7) is 28.7. The minimum absolute atomic E-state index is 0.0282. The maximum Gasteiger partial charge on any atom is 0.197 e. The van der Waals surface area contributed by atoms with Gasteiger partial charge in [-0.2, -0.15) is 0 Å². The molecule has 2 aliphatic rings. The minimum Gasteiger partial charge on any atom is -0.459 e. The van der Waals surface area contributed by atoms with E-state index in [1.165, 1.54) is 50.1 Å². The molecule has 273 valence electrons. The van der Waals surface area contributed by atoms with E-state index in [9.17, 15) is 0 Å². The molecular weight excluding hydrogens is 651 g/mol. The van der Waals surface area contributed by atoms with Crippen molar-refractivity contribution in [2.75, 3.05) is 4.90 Å². The number of nitrogens with zero attached hydrogens (tertiary/aromatic N) is 1. The molecule has 2 unspecified atom stereocenters. The summed E-state index contributed by atoms with van der Waals surface area (Å²) in [5.41, 5.74) is 5.89. The van der Waals surface area contributed by atoms with Crippen molar-refractivity contribution in [3.05, 3.63) is 140 Å². The molecule has 1 aliphatic heterocycles.